The first-order chi connectivity index (χ1) is 12.3. The molecule has 0 unspecified atom stereocenters. The van der Waals surface area contributed by atoms with Crippen LogP contribution in [-0.2, 0) is 11.3 Å². The van der Waals surface area contributed by atoms with Gasteiger partial charge in [-0.15, -0.1) is 0 Å². The highest BCUT2D eigenvalue weighted by Crippen LogP contribution is 2.20. The van der Waals surface area contributed by atoms with Gasteiger partial charge in [0.1, 0.15) is 12.4 Å². The van der Waals surface area contributed by atoms with Crippen molar-refractivity contribution in [2.24, 2.45) is 0 Å². The zero-order chi connectivity index (χ0) is 17.5. The minimum Gasteiger partial charge on any atom is -0.492 e. The maximum atomic E-state index is 12.2. The van der Waals surface area contributed by atoms with Crippen molar-refractivity contribution in [3.63, 3.8) is 0 Å². The molecule has 0 fully saturated rings. The van der Waals surface area contributed by atoms with Crippen molar-refractivity contribution in [2.45, 2.75) is 6.61 Å². The van der Waals surface area contributed by atoms with Gasteiger partial charge in [0, 0.05) is 12.7 Å². The number of hydrogen-bond donors (Lipinski definition) is 1. The van der Waals surface area contributed by atoms with E-state index in [4.69, 9.17) is 9.47 Å². The quantitative estimate of drug-likeness (QED) is 0.668. The van der Waals surface area contributed by atoms with E-state index >= 15 is 0 Å². The monoisotopic (exact) mass is 335 g/mol. The van der Waals surface area contributed by atoms with Gasteiger partial charge in [0.25, 0.3) is 5.91 Å². The second-order valence-electron chi connectivity index (χ2n) is 5.75. The number of hydrogen-bond acceptors (Lipinski definition) is 3. The number of rotatable bonds is 7. The van der Waals surface area contributed by atoms with E-state index < -0.39 is 0 Å². The molecule has 25 heavy (non-hydrogen) atoms. The van der Waals surface area contributed by atoms with Crippen LogP contribution in [0.2, 0.25) is 0 Å². The van der Waals surface area contributed by atoms with Crippen molar-refractivity contribution in [1.29, 1.82) is 0 Å². The Hall–Kier alpha value is -2.85. The summed E-state index contributed by atoms with van der Waals surface area (Å²) in [6.45, 7) is 1.36. The van der Waals surface area contributed by atoms with Crippen LogP contribution in [-0.4, -0.2) is 26.2 Å². The van der Waals surface area contributed by atoms with Crippen LogP contribution in [0.4, 0.5) is 0 Å². The largest absolute Gasteiger partial charge is 0.492 e. The molecular formula is C21H21NO3. The third-order valence-corrected chi connectivity index (χ3v) is 3.88. The van der Waals surface area contributed by atoms with Crippen LogP contribution in [0.5, 0.6) is 5.75 Å². The molecule has 128 valence electrons. The first-order valence-electron chi connectivity index (χ1n) is 8.24. The molecule has 0 saturated carbocycles. The summed E-state index contributed by atoms with van der Waals surface area (Å²) in [4.78, 5) is 12.2. The Morgan fingerprint density at radius 3 is 2.64 bits per heavy atom. The molecule has 0 aliphatic heterocycles. The zero-order valence-corrected chi connectivity index (χ0v) is 14.2. The molecule has 3 aromatic rings. The third-order valence-electron chi connectivity index (χ3n) is 3.88. The number of benzene rings is 3. The van der Waals surface area contributed by atoms with E-state index in [9.17, 15) is 4.79 Å². The first-order valence-corrected chi connectivity index (χ1v) is 8.24. The molecule has 0 bridgehead atoms. The summed E-state index contributed by atoms with van der Waals surface area (Å²) in [5, 5.41) is 5.19. The van der Waals surface area contributed by atoms with Gasteiger partial charge >= 0.3 is 0 Å². The van der Waals surface area contributed by atoms with Gasteiger partial charge in [-0.2, -0.15) is 0 Å². The Kier molecular flexibility index (Phi) is 5.65. The molecule has 0 heterocycles. The molecule has 0 aromatic heterocycles. The molecule has 0 atom stereocenters. The smallest absolute Gasteiger partial charge is 0.251 e. The lowest BCUT2D eigenvalue weighted by atomic mass is 10.1. The molecule has 0 aliphatic carbocycles. The summed E-state index contributed by atoms with van der Waals surface area (Å²) in [7, 11) is 1.64. The van der Waals surface area contributed by atoms with Crippen molar-refractivity contribution in [1.82, 2.24) is 5.32 Å². The van der Waals surface area contributed by atoms with Crippen LogP contribution in [0, 0.1) is 0 Å². The average Bonchev–Trinajstić information content (AvgIpc) is 2.65. The van der Waals surface area contributed by atoms with E-state index in [1.165, 1.54) is 5.39 Å². The summed E-state index contributed by atoms with van der Waals surface area (Å²) in [6, 6.07) is 21.5. The maximum absolute atomic E-state index is 12.2. The number of fused-ring (bicyclic) bond motifs is 1. The molecule has 3 rings (SSSR count). The van der Waals surface area contributed by atoms with Crippen LogP contribution in [0.25, 0.3) is 10.8 Å². The lowest BCUT2D eigenvalue weighted by Gasteiger charge is -2.09. The van der Waals surface area contributed by atoms with Gasteiger partial charge in [-0.3, -0.25) is 4.79 Å². The molecular weight excluding hydrogens is 314 g/mol. The van der Waals surface area contributed by atoms with E-state index in [1.807, 2.05) is 48.5 Å². The molecule has 4 heteroatoms. The molecule has 0 aliphatic rings. The molecule has 4 nitrogen and oxygen atoms in total. The number of ether oxygens (including phenoxy) is 2. The number of amides is 1. The molecule has 0 spiro atoms. The Morgan fingerprint density at radius 1 is 0.960 bits per heavy atom. The summed E-state index contributed by atoms with van der Waals surface area (Å²) in [6.07, 6.45) is 0. The van der Waals surface area contributed by atoms with Crippen LogP contribution in [0.15, 0.2) is 66.7 Å². The normalized spacial score (nSPS) is 10.6. The van der Waals surface area contributed by atoms with E-state index in [0.29, 0.717) is 25.3 Å². The van der Waals surface area contributed by atoms with Gasteiger partial charge in [0.05, 0.1) is 13.2 Å². The van der Waals surface area contributed by atoms with Crippen molar-refractivity contribution in [3.05, 3.63) is 77.9 Å². The van der Waals surface area contributed by atoms with Crippen molar-refractivity contribution >= 4 is 16.7 Å². The Bertz CT molecular complexity index is 860. The van der Waals surface area contributed by atoms with E-state index in [1.54, 1.807) is 13.2 Å². The van der Waals surface area contributed by atoms with Crippen LogP contribution in [0.3, 0.4) is 0 Å². The predicted octanol–water partition coefficient (Wildman–Crippen LogP) is 3.80. The highest BCUT2D eigenvalue weighted by molar-refractivity contribution is 5.94. The minimum absolute atomic E-state index is 0.111. The van der Waals surface area contributed by atoms with Gasteiger partial charge in [-0.1, -0.05) is 42.5 Å². The van der Waals surface area contributed by atoms with Crippen LogP contribution < -0.4 is 10.1 Å². The summed E-state index contributed by atoms with van der Waals surface area (Å²) < 4.78 is 10.8. The van der Waals surface area contributed by atoms with Crippen LogP contribution in [0.1, 0.15) is 15.9 Å². The fraction of sp³-hybridized carbons (Fsp3) is 0.190. The van der Waals surface area contributed by atoms with Gasteiger partial charge in [0.15, 0.2) is 0 Å². The zero-order valence-electron chi connectivity index (χ0n) is 14.2. The minimum atomic E-state index is -0.111. The highest BCUT2D eigenvalue weighted by atomic mass is 16.5. The van der Waals surface area contributed by atoms with E-state index in [2.05, 4.69) is 17.4 Å². The van der Waals surface area contributed by atoms with Gasteiger partial charge in [-0.05, 0) is 40.6 Å². The highest BCUT2D eigenvalue weighted by Gasteiger charge is 2.06. The average molecular weight is 335 g/mol. The van der Waals surface area contributed by atoms with Crippen molar-refractivity contribution in [3.8, 4) is 5.75 Å². The molecule has 1 N–H and O–H groups in total. The SMILES string of the molecule is COCc1cccc(C(=O)NCCOc2ccc3ccccc3c2)c1. The van der Waals surface area contributed by atoms with E-state index in [-0.39, 0.29) is 5.91 Å². The van der Waals surface area contributed by atoms with Gasteiger partial charge < -0.3 is 14.8 Å². The second kappa shape index (κ2) is 8.31. The number of methoxy groups -OCH3 is 1. The Labute approximate surface area is 147 Å². The second-order valence-corrected chi connectivity index (χ2v) is 5.75. The molecule has 0 radical (unpaired) electrons. The predicted molar refractivity (Wildman–Crippen MR) is 98.9 cm³/mol. The van der Waals surface area contributed by atoms with Crippen molar-refractivity contribution in [2.75, 3.05) is 20.3 Å². The number of carbonyl (C=O) groups excluding carboxylic acids is 1. The molecule has 3 aromatic carbocycles. The fourth-order valence-corrected chi connectivity index (χ4v) is 2.66. The Morgan fingerprint density at radius 2 is 1.80 bits per heavy atom. The van der Waals surface area contributed by atoms with Crippen LogP contribution >= 0.6 is 0 Å². The summed E-state index contributed by atoms with van der Waals surface area (Å²) >= 11 is 0. The Balaban J connectivity index is 1.50. The lowest BCUT2D eigenvalue weighted by Crippen LogP contribution is -2.28. The topological polar surface area (TPSA) is 47.6 Å². The fourth-order valence-electron chi connectivity index (χ4n) is 2.66. The summed E-state index contributed by atoms with van der Waals surface area (Å²) in [5.41, 5.74) is 1.60. The van der Waals surface area contributed by atoms with Gasteiger partial charge in [0.2, 0.25) is 0 Å². The first kappa shape index (κ1) is 17.0. The standard InChI is InChI=1S/C21H21NO3/c1-24-15-16-5-4-8-19(13-16)21(23)22-11-12-25-20-10-9-17-6-2-3-7-18(17)14-20/h2-10,13-14H,11-12,15H2,1H3,(H,22,23). The molecule has 1 amide bonds. The maximum Gasteiger partial charge on any atom is 0.251 e. The van der Waals surface area contributed by atoms with Crippen molar-refractivity contribution < 1.29 is 14.3 Å². The van der Waals surface area contributed by atoms with E-state index in [0.717, 1.165) is 16.7 Å². The van der Waals surface area contributed by atoms with Gasteiger partial charge in [-0.25, -0.2) is 0 Å². The third kappa shape index (κ3) is 4.58. The number of nitrogens with one attached hydrogen (secondary N) is 1. The summed E-state index contributed by atoms with van der Waals surface area (Å²) in [5.74, 6) is 0.690. The lowest BCUT2D eigenvalue weighted by molar-refractivity contribution is 0.0946. The molecule has 0 saturated heterocycles. The number of carbonyl (C=O) groups is 1.